The van der Waals surface area contributed by atoms with Crippen molar-refractivity contribution in [2.24, 2.45) is 0 Å². The number of benzene rings is 2. The summed E-state index contributed by atoms with van der Waals surface area (Å²) in [6.07, 6.45) is -5.59. The number of hydrogen-bond acceptors (Lipinski definition) is 6. The highest BCUT2D eigenvalue weighted by Crippen LogP contribution is 2.34. The predicted octanol–water partition coefficient (Wildman–Crippen LogP) is 3.63. The van der Waals surface area contributed by atoms with Gasteiger partial charge in [0.05, 0.1) is 10.7 Å². The molecule has 2 aliphatic heterocycles. The van der Waals surface area contributed by atoms with Crippen LogP contribution in [0.25, 0.3) is 0 Å². The summed E-state index contributed by atoms with van der Waals surface area (Å²) in [4.78, 5) is 51.3. The van der Waals surface area contributed by atoms with Crippen molar-refractivity contribution in [3.05, 3.63) is 52.5 Å². The smallest absolute Gasteiger partial charge is 0.410 e. The van der Waals surface area contributed by atoms with Crippen LogP contribution in [0.3, 0.4) is 0 Å². The minimum atomic E-state index is -4.93. The Hall–Kier alpha value is -3.80. The zero-order valence-corrected chi connectivity index (χ0v) is 18.8. The summed E-state index contributed by atoms with van der Waals surface area (Å²) in [5, 5.41) is 2.19. The number of nitrogens with one attached hydrogen (secondary N) is 1. The maximum Gasteiger partial charge on any atom is 0.573 e. The van der Waals surface area contributed by atoms with Crippen molar-refractivity contribution >= 4 is 41.1 Å². The highest BCUT2D eigenvalue weighted by molar-refractivity contribution is 6.33. The van der Waals surface area contributed by atoms with E-state index in [0.29, 0.717) is 5.56 Å². The first-order valence-corrected chi connectivity index (χ1v) is 10.6. The molecular formula is C22H17ClF3N3O6. The van der Waals surface area contributed by atoms with E-state index in [1.165, 1.54) is 24.1 Å². The number of ether oxygens (including phenoxy) is 2. The lowest BCUT2D eigenvalue weighted by molar-refractivity contribution is -0.274. The molecule has 2 aromatic carbocycles. The molecule has 2 heterocycles. The minimum absolute atomic E-state index is 0.00195. The van der Waals surface area contributed by atoms with E-state index in [1.807, 2.05) is 0 Å². The number of hydrogen-bond donors (Lipinski definition) is 1. The molecule has 0 spiro atoms. The van der Waals surface area contributed by atoms with E-state index in [0.717, 1.165) is 23.1 Å². The fourth-order valence-electron chi connectivity index (χ4n) is 3.81. The monoisotopic (exact) mass is 511 g/mol. The third-order valence-electron chi connectivity index (χ3n) is 5.49. The standard InChI is InChI=1S/C22H17ClF3N3O6/c1-28(17-9-13(4-5-15(17)23)35-22(24,25)26)21(33)34-12-3-2-11-10-29(20(32)14(11)8-12)16-6-7-18(30)27-19(16)31/h2-5,8-9,16H,6-7,10H2,1H3,(H,27,30,31). The second-order valence-corrected chi connectivity index (χ2v) is 8.21. The number of amides is 4. The molecular weight excluding hydrogens is 495 g/mol. The summed E-state index contributed by atoms with van der Waals surface area (Å²) in [6, 6.07) is 6.61. The number of piperidine rings is 1. The molecule has 4 rings (SSSR count). The van der Waals surface area contributed by atoms with E-state index in [-0.39, 0.29) is 41.4 Å². The summed E-state index contributed by atoms with van der Waals surface area (Å²) >= 11 is 6.03. The molecule has 0 aliphatic carbocycles. The first-order chi connectivity index (χ1) is 16.4. The molecule has 1 fully saturated rings. The van der Waals surface area contributed by atoms with Gasteiger partial charge in [0.1, 0.15) is 17.5 Å². The molecule has 0 saturated carbocycles. The molecule has 0 radical (unpaired) electrons. The van der Waals surface area contributed by atoms with Crippen LogP contribution in [0.4, 0.5) is 23.7 Å². The Morgan fingerprint density at radius 1 is 1.14 bits per heavy atom. The number of imide groups is 1. The Morgan fingerprint density at radius 2 is 1.86 bits per heavy atom. The fraction of sp³-hybridized carbons (Fsp3) is 0.273. The molecule has 184 valence electrons. The highest BCUT2D eigenvalue weighted by atomic mass is 35.5. The summed E-state index contributed by atoms with van der Waals surface area (Å²) in [6.45, 7) is 0.149. The Kier molecular flexibility index (Phi) is 6.32. The maximum atomic E-state index is 12.9. The van der Waals surface area contributed by atoms with Crippen LogP contribution in [0.2, 0.25) is 5.02 Å². The molecule has 9 nitrogen and oxygen atoms in total. The van der Waals surface area contributed by atoms with E-state index in [4.69, 9.17) is 16.3 Å². The van der Waals surface area contributed by atoms with Crippen LogP contribution in [0.1, 0.15) is 28.8 Å². The van der Waals surface area contributed by atoms with Crippen molar-refractivity contribution in [2.75, 3.05) is 11.9 Å². The zero-order valence-electron chi connectivity index (χ0n) is 18.0. The first kappa shape index (κ1) is 24.3. The van der Waals surface area contributed by atoms with Crippen molar-refractivity contribution < 1.29 is 41.8 Å². The van der Waals surface area contributed by atoms with Crippen molar-refractivity contribution in [2.45, 2.75) is 31.8 Å². The lowest BCUT2D eigenvalue weighted by atomic mass is 10.0. The summed E-state index contributed by atoms with van der Waals surface area (Å²) in [7, 11) is 1.24. The van der Waals surface area contributed by atoms with Crippen LogP contribution in [0, 0.1) is 0 Å². The predicted molar refractivity (Wildman–Crippen MR) is 115 cm³/mol. The molecule has 1 atom stereocenters. The van der Waals surface area contributed by atoms with Gasteiger partial charge in [0.2, 0.25) is 11.8 Å². The van der Waals surface area contributed by atoms with Crippen LogP contribution >= 0.6 is 11.6 Å². The van der Waals surface area contributed by atoms with Gasteiger partial charge >= 0.3 is 12.5 Å². The van der Waals surface area contributed by atoms with Crippen LogP contribution in [-0.4, -0.2) is 48.2 Å². The van der Waals surface area contributed by atoms with E-state index in [2.05, 4.69) is 10.1 Å². The average Bonchev–Trinajstić information content (AvgIpc) is 3.09. The van der Waals surface area contributed by atoms with E-state index < -0.39 is 42.0 Å². The normalized spacial score (nSPS) is 17.7. The molecule has 2 aliphatic rings. The number of rotatable bonds is 4. The molecule has 1 saturated heterocycles. The van der Waals surface area contributed by atoms with Crippen molar-refractivity contribution in [3.63, 3.8) is 0 Å². The molecule has 1 N–H and O–H groups in total. The van der Waals surface area contributed by atoms with Crippen LogP contribution in [-0.2, 0) is 16.1 Å². The number of carbonyl (C=O) groups excluding carboxylic acids is 4. The molecule has 13 heteroatoms. The Balaban J connectivity index is 1.48. The Labute approximate surface area is 201 Å². The zero-order chi connectivity index (χ0) is 25.5. The van der Waals surface area contributed by atoms with Gasteiger partial charge in [-0.2, -0.15) is 0 Å². The van der Waals surface area contributed by atoms with Crippen LogP contribution < -0.4 is 19.7 Å². The lowest BCUT2D eigenvalue weighted by Crippen LogP contribution is -2.52. The molecule has 4 amide bonds. The second kappa shape index (κ2) is 9.10. The van der Waals surface area contributed by atoms with Gasteiger partial charge in [-0.25, -0.2) is 4.79 Å². The number of fused-ring (bicyclic) bond motifs is 1. The highest BCUT2D eigenvalue weighted by Gasteiger charge is 2.39. The van der Waals surface area contributed by atoms with Gasteiger partial charge < -0.3 is 14.4 Å². The molecule has 2 aromatic rings. The molecule has 0 bridgehead atoms. The van der Waals surface area contributed by atoms with Gasteiger partial charge in [-0.3, -0.25) is 24.6 Å². The average molecular weight is 512 g/mol. The summed E-state index contributed by atoms with van der Waals surface area (Å²) < 4.78 is 46.7. The number of alkyl halides is 3. The lowest BCUT2D eigenvalue weighted by Gasteiger charge is -2.29. The molecule has 1 unspecified atom stereocenters. The number of anilines is 1. The third kappa shape index (κ3) is 5.16. The fourth-order valence-corrected chi connectivity index (χ4v) is 4.06. The second-order valence-electron chi connectivity index (χ2n) is 7.81. The van der Waals surface area contributed by atoms with Gasteiger partial charge in [-0.1, -0.05) is 17.7 Å². The largest absolute Gasteiger partial charge is 0.573 e. The van der Waals surface area contributed by atoms with E-state index >= 15 is 0 Å². The van der Waals surface area contributed by atoms with Crippen LogP contribution in [0.5, 0.6) is 11.5 Å². The number of nitrogens with zero attached hydrogens (tertiary/aromatic N) is 2. The molecule has 35 heavy (non-hydrogen) atoms. The van der Waals surface area contributed by atoms with Crippen molar-refractivity contribution in [3.8, 4) is 11.5 Å². The quantitative estimate of drug-likeness (QED) is 0.628. The summed E-state index contributed by atoms with van der Waals surface area (Å²) in [5.41, 5.74) is 0.730. The van der Waals surface area contributed by atoms with Crippen molar-refractivity contribution in [1.82, 2.24) is 10.2 Å². The van der Waals surface area contributed by atoms with Gasteiger partial charge in [0.25, 0.3) is 5.91 Å². The van der Waals surface area contributed by atoms with Gasteiger partial charge in [0, 0.05) is 31.6 Å². The first-order valence-electron chi connectivity index (χ1n) is 10.2. The Morgan fingerprint density at radius 3 is 2.54 bits per heavy atom. The van der Waals surface area contributed by atoms with Gasteiger partial charge in [0.15, 0.2) is 0 Å². The number of carbonyl (C=O) groups is 4. The SMILES string of the molecule is CN(C(=O)Oc1ccc2c(c1)C(=O)N(C1CCC(=O)NC1=O)C2)c1cc(OC(F)(F)F)ccc1Cl. The van der Waals surface area contributed by atoms with Gasteiger partial charge in [-0.15, -0.1) is 13.2 Å². The minimum Gasteiger partial charge on any atom is -0.410 e. The maximum absolute atomic E-state index is 12.9. The van der Waals surface area contributed by atoms with E-state index in [9.17, 15) is 32.3 Å². The van der Waals surface area contributed by atoms with Gasteiger partial charge in [-0.05, 0) is 36.2 Å². The third-order valence-corrected chi connectivity index (χ3v) is 5.81. The Bertz CT molecular complexity index is 1240. The molecule has 0 aromatic heterocycles. The summed E-state index contributed by atoms with van der Waals surface area (Å²) in [5.74, 6) is -1.99. The van der Waals surface area contributed by atoms with Crippen molar-refractivity contribution in [1.29, 1.82) is 0 Å². The number of halogens is 4. The van der Waals surface area contributed by atoms with Crippen LogP contribution in [0.15, 0.2) is 36.4 Å². The topological polar surface area (TPSA) is 105 Å². The van der Waals surface area contributed by atoms with E-state index in [1.54, 1.807) is 6.07 Å².